The zero-order chi connectivity index (χ0) is 14.2. The van der Waals surface area contributed by atoms with E-state index in [0.29, 0.717) is 16.1 Å². The van der Waals surface area contributed by atoms with Gasteiger partial charge in [-0.05, 0) is 41.5 Å². The van der Waals surface area contributed by atoms with Crippen LogP contribution in [0.5, 0.6) is 0 Å². The Kier molecular flexibility index (Phi) is 4.46. The van der Waals surface area contributed by atoms with E-state index in [1.54, 1.807) is 18.2 Å². The van der Waals surface area contributed by atoms with Gasteiger partial charge in [-0.15, -0.1) is 0 Å². The van der Waals surface area contributed by atoms with Gasteiger partial charge in [0.2, 0.25) is 0 Å². The Bertz CT molecular complexity index is 614. The summed E-state index contributed by atoms with van der Waals surface area (Å²) in [6, 6.07) is 6.30. The number of hydrogen-bond acceptors (Lipinski definition) is 1. The van der Waals surface area contributed by atoms with Gasteiger partial charge in [-0.1, -0.05) is 39.1 Å². The molecule has 100 valence electrons. The zero-order valence-corrected chi connectivity index (χ0v) is 12.5. The smallest absolute Gasteiger partial charge is 0.160 e. The highest BCUT2D eigenvalue weighted by molar-refractivity contribution is 9.10. The van der Waals surface area contributed by atoms with Crippen LogP contribution in [0.4, 0.5) is 8.78 Å². The molecule has 0 radical (unpaired) electrons. The van der Waals surface area contributed by atoms with Gasteiger partial charge in [0.05, 0.1) is 6.04 Å². The zero-order valence-electron chi connectivity index (χ0n) is 9.43. The largest absolute Gasteiger partial charge is 0.320 e. The van der Waals surface area contributed by atoms with E-state index in [9.17, 15) is 8.78 Å². The summed E-state index contributed by atoms with van der Waals surface area (Å²) in [5, 5.41) is 0.557. The van der Waals surface area contributed by atoms with Crippen molar-refractivity contribution in [2.75, 3.05) is 0 Å². The molecule has 19 heavy (non-hydrogen) atoms. The van der Waals surface area contributed by atoms with Crippen LogP contribution in [0.25, 0.3) is 0 Å². The molecule has 2 aromatic rings. The molecule has 0 aliphatic heterocycles. The van der Waals surface area contributed by atoms with E-state index < -0.39 is 17.7 Å². The molecule has 0 heterocycles. The second kappa shape index (κ2) is 5.75. The summed E-state index contributed by atoms with van der Waals surface area (Å²) < 4.78 is 27.0. The van der Waals surface area contributed by atoms with Gasteiger partial charge in [-0.25, -0.2) is 8.78 Å². The third kappa shape index (κ3) is 3.26. The van der Waals surface area contributed by atoms with E-state index in [1.807, 2.05) is 0 Å². The number of rotatable bonds is 2. The Hall–Kier alpha value is -0.680. The van der Waals surface area contributed by atoms with Crippen LogP contribution in [-0.4, -0.2) is 0 Å². The Labute approximate surface area is 127 Å². The van der Waals surface area contributed by atoms with E-state index in [2.05, 4.69) is 15.9 Å². The number of nitrogens with two attached hydrogens (primary N) is 1. The van der Waals surface area contributed by atoms with Crippen LogP contribution in [0, 0.1) is 11.6 Å². The van der Waals surface area contributed by atoms with E-state index in [4.69, 9.17) is 28.9 Å². The van der Waals surface area contributed by atoms with Crippen molar-refractivity contribution in [1.29, 1.82) is 0 Å². The van der Waals surface area contributed by atoms with Crippen molar-refractivity contribution in [2.45, 2.75) is 6.04 Å². The highest BCUT2D eigenvalue weighted by Gasteiger charge is 2.17. The molecule has 0 bridgehead atoms. The van der Waals surface area contributed by atoms with Crippen molar-refractivity contribution in [2.24, 2.45) is 5.73 Å². The lowest BCUT2D eigenvalue weighted by Gasteiger charge is -2.15. The summed E-state index contributed by atoms with van der Waals surface area (Å²) in [6.07, 6.45) is 0. The van der Waals surface area contributed by atoms with Crippen molar-refractivity contribution < 1.29 is 8.78 Å². The molecule has 0 saturated carbocycles. The fourth-order valence-corrected chi connectivity index (χ4v) is 2.86. The SMILES string of the molecule is NC(c1cc(Cl)cc(Br)c1)c1cc(F)c(F)cc1Cl. The van der Waals surface area contributed by atoms with E-state index in [0.717, 1.165) is 16.6 Å². The highest BCUT2D eigenvalue weighted by atomic mass is 79.9. The lowest BCUT2D eigenvalue weighted by Crippen LogP contribution is -2.13. The van der Waals surface area contributed by atoms with Crippen molar-refractivity contribution in [3.8, 4) is 0 Å². The first-order valence-electron chi connectivity index (χ1n) is 5.24. The summed E-state index contributed by atoms with van der Waals surface area (Å²) in [4.78, 5) is 0. The number of halogens is 5. The quantitative estimate of drug-likeness (QED) is 0.736. The molecule has 0 spiro atoms. The molecular formula is C13H8BrCl2F2N. The van der Waals surface area contributed by atoms with Gasteiger partial charge in [0, 0.05) is 14.5 Å². The summed E-state index contributed by atoms with van der Waals surface area (Å²) in [5.74, 6) is -2.00. The van der Waals surface area contributed by atoms with Gasteiger partial charge in [0.15, 0.2) is 11.6 Å². The maximum atomic E-state index is 13.3. The van der Waals surface area contributed by atoms with Crippen LogP contribution in [0.15, 0.2) is 34.8 Å². The molecule has 0 aliphatic rings. The van der Waals surface area contributed by atoms with E-state index in [1.165, 1.54) is 0 Å². The highest BCUT2D eigenvalue weighted by Crippen LogP contribution is 2.31. The molecule has 6 heteroatoms. The molecule has 0 fully saturated rings. The lowest BCUT2D eigenvalue weighted by molar-refractivity contribution is 0.506. The molecule has 1 unspecified atom stereocenters. The van der Waals surface area contributed by atoms with Crippen molar-refractivity contribution in [3.63, 3.8) is 0 Å². The van der Waals surface area contributed by atoms with Gasteiger partial charge in [0.1, 0.15) is 0 Å². The van der Waals surface area contributed by atoms with Crippen LogP contribution in [0.2, 0.25) is 10.0 Å². The van der Waals surface area contributed by atoms with Crippen LogP contribution in [-0.2, 0) is 0 Å². The van der Waals surface area contributed by atoms with Crippen molar-refractivity contribution in [3.05, 3.63) is 67.6 Å². The average molecular weight is 367 g/mol. The standard InChI is InChI=1S/C13H8BrCl2F2N/c14-7-1-6(2-8(15)3-7)13(19)9-4-11(17)12(18)5-10(9)16/h1-5,13H,19H2. The predicted octanol–water partition coefficient (Wildman–Crippen LogP) is 5.08. The Morgan fingerprint density at radius 2 is 1.63 bits per heavy atom. The van der Waals surface area contributed by atoms with Crippen LogP contribution in [0.3, 0.4) is 0 Å². The number of benzene rings is 2. The van der Waals surface area contributed by atoms with Gasteiger partial charge in [-0.2, -0.15) is 0 Å². The van der Waals surface area contributed by atoms with Crippen molar-refractivity contribution >= 4 is 39.1 Å². The molecule has 2 N–H and O–H groups in total. The van der Waals surface area contributed by atoms with Crippen LogP contribution >= 0.6 is 39.1 Å². The van der Waals surface area contributed by atoms with E-state index in [-0.39, 0.29) is 5.02 Å². The van der Waals surface area contributed by atoms with Gasteiger partial charge < -0.3 is 5.73 Å². The normalized spacial score (nSPS) is 12.5. The van der Waals surface area contributed by atoms with Gasteiger partial charge >= 0.3 is 0 Å². The van der Waals surface area contributed by atoms with Crippen LogP contribution < -0.4 is 5.73 Å². The minimum Gasteiger partial charge on any atom is -0.320 e. The topological polar surface area (TPSA) is 26.0 Å². The summed E-state index contributed by atoms with van der Waals surface area (Å²) in [5.41, 5.74) is 6.97. The number of hydrogen-bond donors (Lipinski definition) is 1. The minimum absolute atomic E-state index is 0.0718. The monoisotopic (exact) mass is 365 g/mol. The van der Waals surface area contributed by atoms with Gasteiger partial charge in [0.25, 0.3) is 0 Å². The first kappa shape index (κ1) is 14.7. The second-order valence-electron chi connectivity index (χ2n) is 3.97. The molecule has 1 nitrogen and oxygen atoms in total. The first-order chi connectivity index (χ1) is 8.88. The van der Waals surface area contributed by atoms with Crippen molar-refractivity contribution in [1.82, 2.24) is 0 Å². The fourth-order valence-electron chi connectivity index (χ4n) is 1.71. The molecule has 0 aromatic heterocycles. The Morgan fingerprint density at radius 1 is 1.00 bits per heavy atom. The molecular weight excluding hydrogens is 359 g/mol. The molecule has 2 rings (SSSR count). The second-order valence-corrected chi connectivity index (χ2v) is 5.73. The third-order valence-corrected chi connectivity index (χ3v) is 3.62. The predicted molar refractivity (Wildman–Crippen MR) is 76.6 cm³/mol. The Balaban J connectivity index is 2.49. The minimum atomic E-state index is -1.01. The fraction of sp³-hybridized carbons (Fsp3) is 0.0769. The first-order valence-corrected chi connectivity index (χ1v) is 6.79. The molecule has 2 aromatic carbocycles. The van der Waals surface area contributed by atoms with E-state index >= 15 is 0 Å². The molecule has 0 amide bonds. The molecule has 0 aliphatic carbocycles. The third-order valence-electron chi connectivity index (χ3n) is 2.62. The summed E-state index contributed by atoms with van der Waals surface area (Å²) in [7, 11) is 0. The molecule has 0 saturated heterocycles. The maximum absolute atomic E-state index is 13.3. The lowest BCUT2D eigenvalue weighted by atomic mass is 9.99. The van der Waals surface area contributed by atoms with Gasteiger partial charge in [-0.3, -0.25) is 0 Å². The average Bonchev–Trinajstić information content (AvgIpc) is 2.31. The molecule has 1 atom stereocenters. The summed E-state index contributed by atoms with van der Waals surface area (Å²) >= 11 is 15.1. The summed E-state index contributed by atoms with van der Waals surface area (Å²) in [6.45, 7) is 0. The van der Waals surface area contributed by atoms with Crippen LogP contribution in [0.1, 0.15) is 17.2 Å². The Morgan fingerprint density at radius 3 is 2.26 bits per heavy atom. The maximum Gasteiger partial charge on any atom is 0.160 e.